The van der Waals surface area contributed by atoms with Gasteiger partial charge in [0.15, 0.2) is 11.4 Å². The fourth-order valence-electron chi connectivity index (χ4n) is 5.79. The summed E-state index contributed by atoms with van der Waals surface area (Å²) < 4.78 is 216. The predicted octanol–water partition coefficient (Wildman–Crippen LogP) is 0.417. The molecule has 2 N–H and O–H groups in total. The van der Waals surface area contributed by atoms with Gasteiger partial charge in [-0.1, -0.05) is 0 Å². The Balaban J connectivity index is 0.000000605. The molecule has 0 saturated carbocycles. The van der Waals surface area contributed by atoms with E-state index in [9.17, 15) is 84.9 Å². The molecule has 72 heavy (non-hydrogen) atoms. The first-order valence-corrected chi connectivity index (χ1v) is 19.1. The van der Waals surface area contributed by atoms with Crippen LogP contribution >= 0.6 is 0 Å². The molecule has 1 fully saturated rings. The number of halogens is 16. The molecule has 35 heteroatoms. The number of epoxide rings is 1. The summed E-state index contributed by atoms with van der Waals surface area (Å²) in [5, 5.41) is 25.0. The first-order valence-electron chi connectivity index (χ1n) is 19.1. The van der Waals surface area contributed by atoms with E-state index in [0.29, 0.717) is 30.5 Å². The Morgan fingerprint density at radius 2 is 1.12 bits per heavy atom. The zero-order valence-corrected chi connectivity index (χ0v) is 44.6. The van der Waals surface area contributed by atoms with Crippen molar-refractivity contribution in [1.29, 1.82) is 0 Å². The van der Waals surface area contributed by atoms with Gasteiger partial charge in [0.05, 0.1) is 47.9 Å². The van der Waals surface area contributed by atoms with Crippen molar-refractivity contribution < 1.29 is 199 Å². The maximum Gasteiger partial charge on any atom is 1.00 e. The van der Waals surface area contributed by atoms with Crippen molar-refractivity contribution in [2.45, 2.75) is 109 Å². The molecule has 1 saturated heterocycles. The van der Waals surface area contributed by atoms with Crippen molar-refractivity contribution in [3.05, 3.63) is 80.7 Å². The number of fused-ring (bicyclic) bond motifs is 2. The summed E-state index contributed by atoms with van der Waals surface area (Å²) in [4.78, 5) is 46.0. The third-order valence-electron chi connectivity index (χ3n) is 9.06. The first-order chi connectivity index (χ1) is 31.6. The van der Waals surface area contributed by atoms with Crippen LogP contribution in [0.3, 0.4) is 0 Å². The molecule has 6 aromatic rings. The van der Waals surface area contributed by atoms with Crippen molar-refractivity contribution in [1.82, 2.24) is 47.9 Å². The Bertz CT molecular complexity index is 2950. The Hall–Kier alpha value is -3.24. The molecule has 17 nitrogen and oxygen atoms in total. The zero-order valence-electron chi connectivity index (χ0n) is 39.3. The fraction of sp³-hybridized carbons (Fsp3) is 0.486. The van der Waals surface area contributed by atoms with Gasteiger partial charge in [-0.3, -0.25) is 32.5 Å². The SMILES string of the molecule is CC1(C)CO1.Cc1cn2c(=O)c(-c3cnn(CC(F)(F)C(F)(F)F)c3)c(C(F)(F)F)nc2[nH]1.Cc1cn2c(=O)c(-c3cnn(CC(F)(F)C(F)(F)F)c3)c(C(F)(F)F)nc2n1CC(C)(C)O.O=CO[O-].[H-].[K+].[K+]. The third kappa shape index (κ3) is 16.1. The van der Waals surface area contributed by atoms with Crippen LogP contribution in [0.25, 0.3) is 33.8 Å². The molecular formula is C37H36F16K2N10O7. The molecule has 0 bridgehead atoms. The number of nitrogens with one attached hydrogen (secondary N) is 1. The Labute approximate surface area is 478 Å². The number of ether oxygens (including phenoxy) is 1. The van der Waals surface area contributed by atoms with Crippen molar-refractivity contribution in [2.24, 2.45) is 0 Å². The summed E-state index contributed by atoms with van der Waals surface area (Å²) in [7, 11) is 0. The van der Waals surface area contributed by atoms with Crippen LogP contribution in [0.5, 0.6) is 0 Å². The topological polar surface area (TPSA) is 207 Å². The fourth-order valence-corrected chi connectivity index (χ4v) is 5.79. The number of nitrogens with zero attached hydrogens (tertiary/aromatic N) is 9. The Morgan fingerprint density at radius 1 is 0.736 bits per heavy atom. The molecule has 7 rings (SSSR count). The molecule has 1 aliphatic rings. The third-order valence-corrected chi connectivity index (χ3v) is 9.06. The average Bonchev–Trinajstić information content (AvgIpc) is 3.65. The Morgan fingerprint density at radius 3 is 1.47 bits per heavy atom. The molecule has 0 amide bonds. The molecule has 6 aromatic heterocycles. The van der Waals surface area contributed by atoms with E-state index in [1.807, 2.05) is 0 Å². The van der Waals surface area contributed by atoms with E-state index in [-0.39, 0.29) is 138 Å². The number of aliphatic hydroxyl groups is 1. The van der Waals surface area contributed by atoms with Gasteiger partial charge in [-0.25, -0.2) is 9.97 Å². The number of aryl methyl sites for hydroxylation is 2. The van der Waals surface area contributed by atoms with E-state index < -0.39 is 112 Å². The van der Waals surface area contributed by atoms with Crippen molar-refractivity contribution in [3.8, 4) is 22.3 Å². The largest absolute Gasteiger partial charge is 1.00 e. The maximum atomic E-state index is 13.8. The van der Waals surface area contributed by atoms with Gasteiger partial charge in [-0.15, -0.1) is 0 Å². The summed E-state index contributed by atoms with van der Waals surface area (Å²) in [6.45, 7) is 6.47. The zero-order chi connectivity index (χ0) is 53.5. The molecule has 0 radical (unpaired) electrons. The van der Waals surface area contributed by atoms with E-state index >= 15 is 0 Å². The number of aromatic amines is 1. The minimum atomic E-state index is -5.91. The number of carbonyl (C=O) groups is 1. The summed E-state index contributed by atoms with van der Waals surface area (Å²) >= 11 is 0. The second kappa shape index (κ2) is 23.3. The summed E-state index contributed by atoms with van der Waals surface area (Å²) in [5.41, 5.74) is -9.59. The number of H-pyrrole nitrogens is 1. The van der Waals surface area contributed by atoms with E-state index in [2.05, 4.69) is 43.9 Å². The maximum absolute atomic E-state index is 13.8. The standard InChI is InChI=1S/C18H17F8N5O2.C14H9F8N5O.C4H8O.CH2O3.2K.H/c1-9-5-30-13(32)11(10-4-27-29(6-10)8-16(19,20)18(24,25)26)12(17(21,22)23)28-14(30)31(9)7-15(2,3)33;1-6-3-27-10(28)8(9(13(17,18)19)25-11(27)24-6)7-2-23-26(4-7)5-12(15,16)14(20,21)22;1-4(2)3-5-4;2-1-4-3;;;/h4-6,33H,7-8H2,1-3H3;2-4H,5H2,1H3,(H,24,25);3H2,1-2H3;1,3H;;;/q;;;;2*+1;-1/p-1. The van der Waals surface area contributed by atoms with Gasteiger partial charge in [0.1, 0.15) is 13.1 Å². The normalized spacial score (nSPS) is 13.9. The molecule has 0 atom stereocenters. The number of hydrogen-bond donors (Lipinski definition) is 2. The van der Waals surface area contributed by atoms with Crippen LogP contribution in [0.1, 0.15) is 51.9 Å². The number of hydrogen-bond acceptors (Lipinski definition) is 11. The smallest absolute Gasteiger partial charge is 1.00 e. The van der Waals surface area contributed by atoms with Crippen LogP contribution in [0.2, 0.25) is 0 Å². The van der Waals surface area contributed by atoms with Gasteiger partial charge >= 0.3 is 139 Å². The van der Waals surface area contributed by atoms with Crippen molar-refractivity contribution in [3.63, 3.8) is 0 Å². The molecule has 0 spiro atoms. The van der Waals surface area contributed by atoms with Crippen LogP contribution in [-0.4, -0.2) is 101 Å². The molecule has 0 unspecified atom stereocenters. The van der Waals surface area contributed by atoms with E-state index in [1.54, 1.807) is 0 Å². The summed E-state index contributed by atoms with van der Waals surface area (Å²) in [6, 6.07) is 0. The summed E-state index contributed by atoms with van der Waals surface area (Å²) in [6.07, 6.45) is -17.6. The van der Waals surface area contributed by atoms with Crippen LogP contribution in [-0.2, 0) is 46.4 Å². The molecule has 0 aromatic carbocycles. The van der Waals surface area contributed by atoms with Gasteiger partial charge in [-0.2, -0.15) is 80.4 Å². The van der Waals surface area contributed by atoms with Crippen LogP contribution in [0.4, 0.5) is 70.2 Å². The summed E-state index contributed by atoms with van der Waals surface area (Å²) in [5.74, 6) is -11.2. The number of imidazole rings is 2. The van der Waals surface area contributed by atoms with Gasteiger partial charge in [-0.05, 0) is 41.5 Å². The van der Waals surface area contributed by atoms with Crippen LogP contribution in [0.15, 0.2) is 46.8 Å². The molecule has 390 valence electrons. The second-order valence-electron chi connectivity index (χ2n) is 16.2. The van der Waals surface area contributed by atoms with Crippen molar-refractivity contribution in [2.75, 3.05) is 6.61 Å². The molecular weight excluding hydrogens is 1080 g/mol. The van der Waals surface area contributed by atoms with E-state index in [0.717, 1.165) is 21.6 Å². The van der Waals surface area contributed by atoms with Gasteiger partial charge in [0, 0.05) is 47.3 Å². The van der Waals surface area contributed by atoms with Crippen LogP contribution < -0.4 is 119 Å². The number of alkyl halides is 16. The quantitative estimate of drug-likeness (QED) is 0.0507. The Kier molecular flexibility index (Phi) is 21.0. The minimum Gasteiger partial charge on any atom is -1.00 e. The molecule has 7 heterocycles. The van der Waals surface area contributed by atoms with Gasteiger partial charge in [0.25, 0.3) is 17.6 Å². The number of carbonyl (C=O) groups excluding carboxylic acids is 1. The molecule has 0 aliphatic carbocycles. The monoisotopic (exact) mass is 1110 g/mol. The predicted molar refractivity (Wildman–Crippen MR) is 204 cm³/mol. The van der Waals surface area contributed by atoms with Gasteiger partial charge in [0.2, 0.25) is 11.6 Å². The van der Waals surface area contributed by atoms with Crippen LogP contribution in [0, 0.1) is 13.8 Å². The number of aromatic nitrogens is 10. The second-order valence-corrected chi connectivity index (χ2v) is 16.2. The molecule has 1 aliphatic heterocycles. The van der Waals surface area contributed by atoms with Crippen molar-refractivity contribution >= 4 is 18.0 Å². The van der Waals surface area contributed by atoms with Gasteiger partial charge < -0.3 is 31.0 Å². The van der Waals surface area contributed by atoms with E-state index in [1.165, 1.54) is 38.5 Å². The minimum absolute atomic E-state index is 0. The first kappa shape index (κ1) is 64.9. The number of rotatable bonds is 9. The average molecular weight is 1110 g/mol. The van der Waals surface area contributed by atoms with E-state index in [4.69, 9.17) is 14.8 Å².